The van der Waals surface area contributed by atoms with E-state index >= 15 is 0 Å². The Balaban J connectivity index is 2.09. The van der Waals surface area contributed by atoms with Crippen LogP contribution in [0.5, 0.6) is 0 Å². The lowest BCUT2D eigenvalue weighted by atomic mass is 9.74. The summed E-state index contributed by atoms with van der Waals surface area (Å²) in [6, 6.07) is 0. The van der Waals surface area contributed by atoms with Crippen molar-refractivity contribution in [2.45, 2.75) is 12.8 Å². The highest BCUT2D eigenvalue weighted by atomic mass is 16.1. The first kappa shape index (κ1) is 5.42. The molecule has 0 saturated carbocycles. The molecular formula is C7H11NO. The van der Waals surface area contributed by atoms with Gasteiger partial charge in [0.15, 0.2) is 0 Å². The van der Waals surface area contributed by atoms with Gasteiger partial charge in [0.2, 0.25) is 0 Å². The fourth-order valence-electron chi connectivity index (χ4n) is 1.95. The topological polar surface area (TPSA) is 20.3 Å². The molecule has 9 heavy (non-hydrogen) atoms. The van der Waals surface area contributed by atoms with Crippen LogP contribution in [0.25, 0.3) is 0 Å². The summed E-state index contributed by atoms with van der Waals surface area (Å²) < 4.78 is 0. The van der Waals surface area contributed by atoms with E-state index in [1.165, 1.54) is 13.0 Å². The first-order chi connectivity index (χ1) is 4.35. The van der Waals surface area contributed by atoms with Crippen LogP contribution in [-0.4, -0.2) is 30.8 Å². The van der Waals surface area contributed by atoms with Crippen LogP contribution < -0.4 is 0 Å². The van der Waals surface area contributed by atoms with Crippen molar-refractivity contribution in [1.29, 1.82) is 0 Å². The predicted octanol–water partition coefficient (Wildman–Crippen LogP) is 0.281. The third-order valence-corrected chi connectivity index (χ3v) is 2.48. The van der Waals surface area contributed by atoms with Crippen LogP contribution >= 0.6 is 0 Å². The van der Waals surface area contributed by atoms with E-state index in [2.05, 4.69) is 4.90 Å². The number of hydrogen-bond acceptors (Lipinski definition) is 2. The maximum atomic E-state index is 10.5. The Morgan fingerprint density at radius 1 is 1.44 bits per heavy atom. The summed E-state index contributed by atoms with van der Waals surface area (Å²) in [5.74, 6) is 0. The molecule has 2 nitrogen and oxygen atoms in total. The lowest BCUT2D eigenvalue weighted by Gasteiger charge is -2.51. The van der Waals surface area contributed by atoms with E-state index in [1.807, 2.05) is 0 Å². The number of rotatable bonds is 1. The molecule has 3 rings (SSSR count). The van der Waals surface area contributed by atoms with Crippen LogP contribution in [0, 0.1) is 5.41 Å². The number of carbonyl (C=O) groups is 1. The fourth-order valence-corrected chi connectivity index (χ4v) is 1.95. The summed E-state index contributed by atoms with van der Waals surface area (Å²) in [7, 11) is 0. The summed E-state index contributed by atoms with van der Waals surface area (Å²) in [5, 5.41) is 0. The molecule has 3 aliphatic rings. The Morgan fingerprint density at radius 2 is 2.22 bits per heavy atom. The van der Waals surface area contributed by atoms with E-state index < -0.39 is 0 Å². The normalized spacial score (nSPS) is 47.8. The Hall–Kier alpha value is -0.370. The maximum Gasteiger partial charge on any atom is 0.128 e. The molecule has 3 aliphatic heterocycles. The number of fused-ring (bicyclic) bond motifs is 2. The number of piperidine rings is 2. The largest absolute Gasteiger partial charge is 0.303 e. The van der Waals surface area contributed by atoms with Crippen LogP contribution in [0.1, 0.15) is 12.8 Å². The fraction of sp³-hybridized carbons (Fsp3) is 0.857. The maximum absolute atomic E-state index is 10.5. The SMILES string of the molecule is O=CC12CCCN(C1)C2. The van der Waals surface area contributed by atoms with Gasteiger partial charge in [0.05, 0.1) is 5.41 Å². The second kappa shape index (κ2) is 1.57. The van der Waals surface area contributed by atoms with Gasteiger partial charge in [-0.05, 0) is 19.4 Å². The molecule has 2 bridgehead atoms. The standard InChI is InChI=1S/C7H11NO/c9-6-7-2-1-3-8(4-7)5-7/h6H,1-5H2. The second-order valence-corrected chi connectivity index (χ2v) is 3.29. The highest BCUT2D eigenvalue weighted by Crippen LogP contribution is 2.37. The molecule has 0 spiro atoms. The summed E-state index contributed by atoms with van der Waals surface area (Å²) in [4.78, 5) is 12.8. The second-order valence-electron chi connectivity index (χ2n) is 3.29. The van der Waals surface area contributed by atoms with Crippen LogP contribution in [-0.2, 0) is 4.79 Å². The minimum absolute atomic E-state index is 0.109. The highest BCUT2D eigenvalue weighted by molar-refractivity contribution is 5.62. The van der Waals surface area contributed by atoms with Gasteiger partial charge in [0.1, 0.15) is 6.29 Å². The van der Waals surface area contributed by atoms with E-state index in [0.717, 1.165) is 25.8 Å². The van der Waals surface area contributed by atoms with Gasteiger partial charge in [-0.25, -0.2) is 0 Å². The molecule has 0 aromatic heterocycles. The summed E-state index contributed by atoms with van der Waals surface area (Å²) in [5.41, 5.74) is 0.109. The van der Waals surface area contributed by atoms with Crippen molar-refractivity contribution < 1.29 is 4.79 Å². The smallest absolute Gasteiger partial charge is 0.128 e. The molecular weight excluding hydrogens is 114 g/mol. The van der Waals surface area contributed by atoms with Crippen LogP contribution in [0.3, 0.4) is 0 Å². The van der Waals surface area contributed by atoms with Crippen molar-refractivity contribution in [3.63, 3.8) is 0 Å². The molecule has 50 valence electrons. The van der Waals surface area contributed by atoms with Crippen molar-refractivity contribution >= 4 is 6.29 Å². The Bertz CT molecular complexity index is 132. The average Bonchev–Trinajstić information content (AvgIpc) is 1.88. The van der Waals surface area contributed by atoms with E-state index in [0.29, 0.717) is 0 Å². The molecule has 0 atom stereocenters. The average molecular weight is 125 g/mol. The van der Waals surface area contributed by atoms with Crippen molar-refractivity contribution in [3.8, 4) is 0 Å². The minimum Gasteiger partial charge on any atom is -0.303 e. The molecule has 2 heteroatoms. The van der Waals surface area contributed by atoms with E-state index in [4.69, 9.17) is 0 Å². The molecule has 0 radical (unpaired) electrons. The number of hydrogen-bond donors (Lipinski definition) is 0. The quantitative estimate of drug-likeness (QED) is 0.469. The van der Waals surface area contributed by atoms with Crippen LogP contribution in [0.15, 0.2) is 0 Å². The third kappa shape index (κ3) is 0.628. The Morgan fingerprint density at radius 3 is 2.56 bits per heavy atom. The number of carbonyl (C=O) groups excluding carboxylic acids is 1. The van der Waals surface area contributed by atoms with E-state index in [1.54, 1.807) is 0 Å². The molecule has 3 fully saturated rings. The lowest BCUT2D eigenvalue weighted by molar-refractivity contribution is -0.131. The zero-order valence-electron chi connectivity index (χ0n) is 5.47. The molecule has 0 N–H and O–H groups in total. The molecule has 0 unspecified atom stereocenters. The third-order valence-electron chi connectivity index (χ3n) is 2.48. The van der Waals surface area contributed by atoms with Gasteiger partial charge in [0, 0.05) is 13.1 Å². The number of aldehydes is 1. The lowest BCUT2D eigenvalue weighted by Crippen LogP contribution is -2.60. The van der Waals surface area contributed by atoms with E-state index in [-0.39, 0.29) is 5.41 Å². The Labute approximate surface area is 54.8 Å². The first-order valence-electron chi connectivity index (χ1n) is 3.53. The van der Waals surface area contributed by atoms with E-state index in [9.17, 15) is 4.79 Å². The molecule has 3 heterocycles. The number of nitrogens with zero attached hydrogens (tertiary/aromatic N) is 1. The van der Waals surface area contributed by atoms with Gasteiger partial charge in [-0.1, -0.05) is 0 Å². The van der Waals surface area contributed by atoms with Crippen LogP contribution in [0.4, 0.5) is 0 Å². The predicted molar refractivity (Wildman–Crippen MR) is 34.2 cm³/mol. The molecule has 0 aromatic carbocycles. The van der Waals surface area contributed by atoms with Gasteiger partial charge >= 0.3 is 0 Å². The van der Waals surface area contributed by atoms with Gasteiger partial charge in [0.25, 0.3) is 0 Å². The van der Waals surface area contributed by atoms with Crippen molar-refractivity contribution in [2.75, 3.05) is 19.6 Å². The molecule has 0 aliphatic carbocycles. The monoisotopic (exact) mass is 125 g/mol. The molecule has 0 amide bonds. The van der Waals surface area contributed by atoms with Gasteiger partial charge < -0.3 is 9.69 Å². The first-order valence-corrected chi connectivity index (χ1v) is 3.53. The van der Waals surface area contributed by atoms with Crippen LogP contribution in [0.2, 0.25) is 0 Å². The Kier molecular flexibility index (Phi) is 0.943. The van der Waals surface area contributed by atoms with Gasteiger partial charge in [-0.2, -0.15) is 0 Å². The summed E-state index contributed by atoms with van der Waals surface area (Å²) >= 11 is 0. The van der Waals surface area contributed by atoms with Crippen molar-refractivity contribution in [3.05, 3.63) is 0 Å². The molecule has 0 aromatic rings. The minimum atomic E-state index is 0.109. The summed E-state index contributed by atoms with van der Waals surface area (Å²) in [6.07, 6.45) is 3.51. The molecule has 3 saturated heterocycles. The highest BCUT2D eigenvalue weighted by Gasteiger charge is 2.45. The van der Waals surface area contributed by atoms with Crippen molar-refractivity contribution in [1.82, 2.24) is 4.90 Å². The zero-order chi connectivity index (χ0) is 6.32. The zero-order valence-corrected chi connectivity index (χ0v) is 5.47. The van der Waals surface area contributed by atoms with Gasteiger partial charge in [-0.3, -0.25) is 0 Å². The summed E-state index contributed by atoms with van der Waals surface area (Å²) in [6.45, 7) is 3.29. The van der Waals surface area contributed by atoms with Gasteiger partial charge in [-0.15, -0.1) is 0 Å². The van der Waals surface area contributed by atoms with Crippen molar-refractivity contribution in [2.24, 2.45) is 5.41 Å².